The quantitative estimate of drug-likeness (QED) is 0.474. The number of benzene rings is 2. The molecule has 0 radical (unpaired) electrons. The number of carbonyl (C=O) groups excluding carboxylic acids is 1. The first-order valence-corrected chi connectivity index (χ1v) is 6.34. The molecule has 3 heteroatoms. The third-order valence-corrected chi connectivity index (χ3v) is 2.94. The summed E-state index contributed by atoms with van der Waals surface area (Å²) in [5.41, 5.74) is 1.85. The van der Waals surface area contributed by atoms with Crippen LogP contribution in [0.5, 0.6) is 5.75 Å². The van der Waals surface area contributed by atoms with Gasteiger partial charge in [0, 0.05) is 0 Å². The fraction of sp³-hybridized carbons (Fsp3) is 0.235. The van der Waals surface area contributed by atoms with Gasteiger partial charge in [0.25, 0.3) is 0 Å². The summed E-state index contributed by atoms with van der Waals surface area (Å²) in [4.78, 5) is 12.0. The van der Waals surface area contributed by atoms with E-state index in [1.165, 1.54) is 5.56 Å². The molecule has 0 unspecified atom stereocenters. The number of carbonyl (C=O) groups is 1. The van der Waals surface area contributed by atoms with E-state index in [0.29, 0.717) is 11.3 Å². The number of hydrogen-bond donors (Lipinski definition) is 0. The van der Waals surface area contributed by atoms with E-state index in [9.17, 15) is 4.79 Å². The molecule has 2 nitrogen and oxygen atoms in total. The van der Waals surface area contributed by atoms with E-state index in [2.05, 4.69) is 20.8 Å². The monoisotopic (exact) mass is 294 g/mol. The normalized spacial score (nSPS) is 10.6. The van der Waals surface area contributed by atoms with Gasteiger partial charge in [-0.25, -0.2) is 4.79 Å². The molecule has 0 aliphatic carbocycles. The van der Waals surface area contributed by atoms with Crippen LogP contribution in [0.3, 0.4) is 0 Å². The maximum Gasteiger partial charge on any atom is 1.00 e. The summed E-state index contributed by atoms with van der Waals surface area (Å²) < 4.78 is 5.29. The number of rotatable bonds is 2. The van der Waals surface area contributed by atoms with Crippen molar-refractivity contribution in [1.29, 1.82) is 0 Å². The molecule has 0 amide bonds. The summed E-state index contributed by atoms with van der Waals surface area (Å²) in [5, 5.41) is 0. The average molecular weight is 294 g/mol. The number of hydrogen-bond acceptors (Lipinski definition) is 2. The van der Waals surface area contributed by atoms with Gasteiger partial charge in [0.2, 0.25) is 0 Å². The first-order valence-electron chi connectivity index (χ1n) is 6.34. The Morgan fingerprint density at radius 1 is 0.950 bits per heavy atom. The fourth-order valence-electron chi connectivity index (χ4n) is 1.76. The van der Waals surface area contributed by atoms with Crippen LogP contribution in [0.4, 0.5) is 0 Å². The van der Waals surface area contributed by atoms with Crippen molar-refractivity contribution in [2.45, 2.75) is 26.2 Å². The van der Waals surface area contributed by atoms with Gasteiger partial charge in [-0.2, -0.15) is 0 Å². The van der Waals surface area contributed by atoms with Crippen molar-refractivity contribution in [2.24, 2.45) is 0 Å². The van der Waals surface area contributed by atoms with Crippen molar-refractivity contribution in [2.75, 3.05) is 0 Å². The molecule has 0 aliphatic heterocycles. The van der Waals surface area contributed by atoms with E-state index in [4.69, 9.17) is 4.74 Å². The Morgan fingerprint density at radius 2 is 1.50 bits per heavy atom. The minimum atomic E-state index is -0.327. The van der Waals surface area contributed by atoms with E-state index in [1.807, 2.05) is 42.5 Å². The van der Waals surface area contributed by atoms with Crippen LogP contribution in [-0.2, 0) is 5.41 Å². The van der Waals surface area contributed by atoms with Crippen LogP contribution in [0.2, 0.25) is 0 Å². The second-order valence-electron chi connectivity index (χ2n) is 5.53. The van der Waals surface area contributed by atoms with Crippen molar-refractivity contribution >= 4 is 5.97 Å². The minimum absolute atomic E-state index is 0. The van der Waals surface area contributed by atoms with Crippen LogP contribution >= 0.6 is 0 Å². The summed E-state index contributed by atoms with van der Waals surface area (Å²) in [6, 6.07) is 16.7. The van der Waals surface area contributed by atoms with Crippen LogP contribution in [0.1, 0.15) is 38.1 Å². The predicted molar refractivity (Wildman–Crippen MR) is 77.7 cm³/mol. The van der Waals surface area contributed by atoms with Crippen LogP contribution < -0.4 is 56.1 Å². The standard InChI is InChI=1S/C17H18O2.K.H/c1-17(2,3)14-11-9-13(10-12-14)16(18)19-15-7-5-4-6-8-15;;/h4-12H,1-3H3;;/q;+1;-1. The topological polar surface area (TPSA) is 26.3 Å². The zero-order chi connectivity index (χ0) is 13.9. The molecule has 0 fully saturated rings. The molecule has 0 atom stereocenters. The summed E-state index contributed by atoms with van der Waals surface area (Å²) in [7, 11) is 0. The molecule has 0 saturated heterocycles. The first kappa shape index (κ1) is 17.6. The molecular formula is C17H19KO2. The van der Waals surface area contributed by atoms with E-state index in [1.54, 1.807) is 12.1 Å². The molecule has 0 N–H and O–H groups in total. The molecule has 0 aliphatic rings. The van der Waals surface area contributed by atoms with Crippen LogP contribution in [-0.4, -0.2) is 5.97 Å². The van der Waals surface area contributed by atoms with Crippen LogP contribution in [0.25, 0.3) is 0 Å². The van der Waals surface area contributed by atoms with E-state index in [-0.39, 0.29) is 64.2 Å². The molecule has 20 heavy (non-hydrogen) atoms. The van der Waals surface area contributed by atoms with Crippen molar-refractivity contribution in [3.8, 4) is 5.75 Å². The van der Waals surface area contributed by atoms with Gasteiger partial charge in [-0.15, -0.1) is 0 Å². The smallest absolute Gasteiger partial charge is 1.00 e. The first-order chi connectivity index (χ1) is 8.97. The van der Waals surface area contributed by atoms with E-state index in [0.717, 1.165) is 0 Å². The Balaban J connectivity index is 0.00000200. The van der Waals surface area contributed by atoms with E-state index < -0.39 is 0 Å². The number of para-hydroxylation sites is 1. The van der Waals surface area contributed by atoms with Gasteiger partial charge in [0.15, 0.2) is 0 Å². The van der Waals surface area contributed by atoms with E-state index >= 15 is 0 Å². The Labute approximate surface area is 164 Å². The molecule has 0 spiro atoms. The second kappa shape index (κ2) is 7.52. The fourth-order valence-corrected chi connectivity index (χ4v) is 1.76. The van der Waals surface area contributed by atoms with Gasteiger partial charge < -0.3 is 6.16 Å². The SMILES string of the molecule is CC(C)(C)c1ccc(C(=O)Oc2ccccc2)cc1.[H-].[K+]. The molecule has 2 aromatic rings. The summed E-state index contributed by atoms with van der Waals surface area (Å²) in [5.74, 6) is 0.235. The van der Waals surface area contributed by atoms with Crippen molar-refractivity contribution in [3.63, 3.8) is 0 Å². The van der Waals surface area contributed by atoms with Crippen LogP contribution in [0.15, 0.2) is 54.6 Å². The third kappa shape index (κ3) is 4.83. The maximum absolute atomic E-state index is 12.0. The summed E-state index contributed by atoms with van der Waals surface area (Å²) in [6.45, 7) is 6.43. The van der Waals surface area contributed by atoms with Crippen molar-refractivity contribution < 1.29 is 62.3 Å². The Hall–Kier alpha value is -0.454. The zero-order valence-electron chi connectivity index (χ0n) is 13.5. The number of esters is 1. The van der Waals surface area contributed by atoms with Gasteiger partial charge in [-0.1, -0.05) is 51.1 Å². The summed E-state index contributed by atoms with van der Waals surface area (Å²) >= 11 is 0. The number of ether oxygens (including phenoxy) is 1. The van der Waals surface area contributed by atoms with Gasteiger partial charge in [0.1, 0.15) is 5.75 Å². The van der Waals surface area contributed by atoms with Crippen molar-refractivity contribution in [3.05, 3.63) is 65.7 Å². The molecule has 0 saturated carbocycles. The van der Waals surface area contributed by atoms with Crippen molar-refractivity contribution in [1.82, 2.24) is 0 Å². The minimum Gasteiger partial charge on any atom is -1.00 e. The Bertz CT molecular complexity index is 560. The van der Waals surface area contributed by atoms with Gasteiger partial charge in [-0.3, -0.25) is 0 Å². The Morgan fingerprint density at radius 3 is 2.00 bits per heavy atom. The molecule has 2 rings (SSSR count). The molecular weight excluding hydrogens is 275 g/mol. The molecule has 0 heterocycles. The predicted octanol–water partition coefficient (Wildman–Crippen LogP) is 1.32. The molecule has 0 bridgehead atoms. The molecule has 2 aromatic carbocycles. The molecule has 100 valence electrons. The largest absolute Gasteiger partial charge is 1.00 e. The zero-order valence-corrected chi connectivity index (χ0v) is 15.6. The van der Waals surface area contributed by atoms with Crippen LogP contribution in [0, 0.1) is 0 Å². The second-order valence-corrected chi connectivity index (χ2v) is 5.53. The Kier molecular flexibility index (Phi) is 6.62. The molecule has 0 aromatic heterocycles. The van der Waals surface area contributed by atoms with Gasteiger partial charge in [0.05, 0.1) is 5.56 Å². The maximum atomic E-state index is 12.0. The third-order valence-electron chi connectivity index (χ3n) is 2.94. The van der Waals surface area contributed by atoms with Gasteiger partial charge in [-0.05, 0) is 35.2 Å². The summed E-state index contributed by atoms with van der Waals surface area (Å²) in [6.07, 6.45) is 0. The average Bonchev–Trinajstić information content (AvgIpc) is 2.39. The van der Waals surface area contributed by atoms with Gasteiger partial charge >= 0.3 is 57.4 Å².